The molecular formula is C17H13ClF3N3O3. The van der Waals surface area contributed by atoms with Gasteiger partial charge in [-0.25, -0.2) is 14.7 Å². The molecule has 10 heteroatoms. The number of benzene rings is 1. The molecule has 0 aliphatic carbocycles. The standard InChI is InChI=1S/C17H13ClF3N3O3/c1-23-8-15(25)24(16(23)26)14-6-5-10(7-22-14)27-9-11-12(17(19,20)21)3-2-4-13(11)18/h2-7H,8-9H2,1H3. The van der Waals surface area contributed by atoms with Gasteiger partial charge in [-0.05, 0) is 24.3 Å². The van der Waals surface area contributed by atoms with Gasteiger partial charge in [-0.2, -0.15) is 13.2 Å². The van der Waals surface area contributed by atoms with E-state index in [0.717, 1.165) is 11.0 Å². The number of rotatable bonds is 4. The van der Waals surface area contributed by atoms with Crippen molar-refractivity contribution in [1.29, 1.82) is 0 Å². The highest BCUT2D eigenvalue weighted by atomic mass is 35.5. The zero-order valence-corrected chi connectivity index (χ0v) is 14.7. The SMILES string of the molecule is CN1CC(=O)N(c2ccc(OCc3c(Cl)cccc3C(F)(F)F)cn2)C1=O. The number of carbonyl (C=O) groups is 2. The van der Waals surface area contributed by atoms with E-state index in [2.05, 4.69) is 4.98 Å². The van der Waals surface area contributed by atoms with E-state index in [4.69, 9.17) is 16.3 Å². The Morgan fingerprint density at radius 3 is 2.52 bits per heavy atom. The molecule has 6 nitrogen and oxygen atoms in total. The van der Waals surface area contributed by atoms with E-state index in [0.29, 0.717) is 0 Å². The number of pyridine rings is 1. The zero-order chi connectivity index (χ0) is 19.8. The van der Waals surface area contributed by atoms with Crippen LogP contribution in [0, 0.1) is 0 Å². The Labute approximate surface area is 157 Å². The Morgan fingerprint density at radius 2 is 1.96 bits per heavy atom. The summed E-state index contributed by atoms with van der Waals surface area (Å²) in [5, 5.41) is -0.0642. The van der Waals surface area contributed by atoms with E-state index < -0.39 is 30.3 Å². The summed E-state index contributed by atoms with van der Waals surface area (Å²) < 4.78 is 44.6. The van der Waals surface area contributed by atoms with Gasteiger partial charge in [0.1, 0.15) is 24.7 Å². The topological polar surface area (TPSA) is 62.7 Å². The summed E-state index contributed by atoms with van der Waals surface area (Å²) in [6.45, 7) is -0.467. The van der Waals surface area contributed by atoms with E-state index in [9.17, 15) is 22.8 Å². The van der Waals surface area contributed by atoms with Crippen molar-refractivity contribution in [1.82, 2.24) is 9.88 Å². The number of halogens is 4. The van der Waals surface area contributed by atoms with Crippen LogP contribution in [0.25, 0.3) is 0 Å². The van der Waals surface area contributed by atoms with Crippen molar-refractivity contribution >= 4 is 29.4 Å². The van der Waals surface area contributed by atoms with Crippen LogP contribution < -0.4 is 9.64 Å². The van der Waals surface area contributed by atoms with Gasteiger partial charge >= 0.3 is 12.2 Å². The van der Waals surface area contributed by atoms with E-state index in [1.54, 1.807) is 0 Å². The molecule has 1 saturated heterocycles. The molecule has 1 aliphatic heterocycles. The Balaban J connectivity index is 1.76. The number of urea groups is 1. The lowest BCUT2D eigenvalue weighted by molar-refractivity contribution is -0.138. The van der Waals surface area contributed by atoms with Crippen LogP contribution in [0.4, 0.5) is 23.8 Å². The maximum atomic E-state index is 13.1. The average molecular weight is 400 g/mol. The third-order valence-electron chi connectivity index (χ3n) is 3.90. The minimum atomic E-state index is -4.56. The number of hydrogen-bond acceptors (Lipinski definition) is 4. The van der Waals surface area contributed by atoms with Gasteiger partial charge in [0.05, 0.1) is 11.8 Å². The molecule has 3 amide bonds. The van der Waals surface area contributed by atoms with Gasteiger partial charge in [-0.15, -0.1) is 0 Å². The van der Waals surface area contributed by atoms with Crippen molar-refractivity contribution in [3.63, 3.8) is 0 Å². The van der Waals surface area contributed by atoms with Gasteiger partial charge in [0.25, 0.3) is 5.91 Å². The third kappa shape index (κ3) is 3.82. The van der Waals surface area contributed by atoms with E-state index in [-0.39, 0.29) is 28.7 Å². The monoisotopic (exact) mass is 399 g/mol. The molecule has 0 saturated carbocycles. The van der Waals surface area contributed by atoms with Gasteiger partial charge in [-0.3, -0.25) is 4.79 Å². The number of ether oxygens (including phenoxy) is 1. The highest BCUT2D eigenvalue weighted by Crippen LogP contribution is 2.35. The Kier molecular flexibility index (Phi) is 4.97. The first-order valence-corrected chi connectivity index (χ1v) is 8.08. The molecular weight excluding hydrogens is 387 g/mol. The third-order valence-corrected chi connectivity index (χ3v) is 4.25. The Bertz CT molecular complexity index is 887. The number of imide groups is 1. The first-order chi connectivity index (χ1) is 12.7. The summed E-state index contributed by atoms with van der Waals surface area (Å²) in [7, 11) is 1.49. The van der Waals surface area contributed by atoms with Crippen molar-refractivity contribution in [3.05, 3.63) is 52.7 Å². The second kappa shape index (κ2) is 7.07. The van der Waals surface area contributed by atoms with Crippen molar-refractivity contribution in [3.8, 4) is 5.75 Å². The van der Waals surface area contributed by atoms with Crippen LogP contribution in [0.1, 0.15) is 11.1 Å². The van der Waals surface area contributed by atoms with Crippen LogP contribution in [0.15, 0.2) is 36.5 Å². The highest BCUT2D eigenvalue weighted by molar-refractivity contribution is 6.31. The lowest BCUT2D eigenvalue weighted by atomic mass is 10.1. The molecule has 1 aromatic carbocycles. The molecule has 1 aromatic heterocycles. The molecule has 142 valence electrons. The summed E-state index contributed by atoms with van der Waals surface area (Å²) in [4.78, 5) is 29.9. The van der Waals surface area contributed by atoms with Gasteiger partial charge in [0.15, 0.2) is 0 Å². The fourth-order valence-electron chi connectivity index (χ4n) is 2.56. The van der Waals surface area contributed by atoms with Crippen LogP contribution in [0.2, 0.25) is 5.02 Å². The molecule has 2 aromatic rings. The Hall–Kier alpha value is -2.81. The summed E-state index contributed by atoms with van der Waals surface area (Å²) >= 11 is 5.88. The average Bonchev–Trinajstić information content (AvgIpc) is 2.85. The number of amides is 3. The Morgan fingerprint density at radius 1 is 1.22 bits per heavy atom. The summed E-state index contributed by atoms with van der Waals surface area (Å²) in [5.41, 5.74) is -1.07. The minimum absolute atomic E-state index is 0.0501. The van der Waals surface area contributed by atoms with Gasteiger partial charge < -0.3 is 9.64 Å². The molecule has 1 fully saturated rings. The largest absolute Gasteiger partial charge is 0.487 e. The first-order valence-electron chi connectivity index (χ1n) is 7.70. The molecule has 0 spiro atoms. The van der Waals surface area contributed by atoms with Crippen LogP contribution in [-0.4, -0.2) is 35.4 Å². The second-order valence-electron chi connectivity index (χ2n) is 5.77. The van der Waals surface area contributed by atoms with E-state index in [1.807, 2.05) is 0 Å². The molecule has 0 atom stereocenters. The van der Waals surface area contributed by atoms with Crippen molar-refractivity contribution in [2.24, 2.45) is 0 Å². The lowest BCUT2D eigenvalue weighted by Crippen LogP contribution is -2.32. The fourth-order valence-corrected chi connectivity index (χ4v) is 2.79. The number of likely N-dealkylation sites (N-methyl/N-ethyl adjacent to an activating group) is 1. The number of anilines is 1. The minimum Gasteiger partial charge on any atom is -0.487 e. The normalized spacial score (nSPS) is 14.9. The van der Waals surface area contributed by atoms with Crippen LogP contribution >= 0.6 is 11.6 Å². The first kappa shape index (κ1) is 19.0. The molecule has 2 heterocycles. The summed E-state index contributed by atoms with van der Waals surface area (Å²) in [5.74, 6) is -0.149. The van der Waals surface area contributed by atoms with Gasteiger partial charge in [0.2, 0.25) is 0 Å². The molecule has 3 rings (SSSR count). The molecule has 0 radical (unpaired) electrons. The van der Waals surface area contributed by atoms with Crippen LogP contribution in [0.3, 0.4) is 0 Å². The molecule has 0 bridgehead atoms. The van der Waals surface area contributed by atoms with Crippen molar-refractivity contribution in [2.75, 3.05) is 18.5 Å². The van der Waals surface area contributed by atoms with E-state index >= 15 is 0 Å². The fraction of sp³-hybridized carbons (Fsp3) is 0.235. The van der Waals surface area contributed by atoms with Crippen molar-refractivity contribution < 1.29 is 27.5 Å². The predicted molar refractivity (Wildman–Crippen MR) is 90.5 cm³/mol. The van der Waals surface area contributed by atoms with Crippen molar-refractivity contribution in [2.45, 2.75) is 12.8 Å². The smallest absolute Gasteiger partial charge is 0.416 e. The molecule has 0 unspecified atom stereocenters. The molecule has 0 N–H and O–H groups in total. The summed E-state index contributed by atoms with van der Waals surface area (Å²) in [6.07, 6.45) is -3.34. The van der Waals surface area contributed by atoms with Gasteiger partial charge in [-0.1, -0.05) is 17.7 Å². The number of alkyl halides is 3. The number of aromatic nitrogens is 1. The maximum absolute atomic E-state index is 13.1. The number of nitrogens with zero attached hydrogens (tertiary/aromatic N) is 3. The van der Waals surface area contributed by atoms with E-state index in [1.165, 1.54) is 42.4 Å². The van der Waals surface area contributed by atoms with Gasteiger partial charge in [0, 0.05) is 17.6 Å². The van der Waals surface area contributed by atoms with Crippen LogP contribution in [0.5, 0.6) is 5.75 Å². The molecule has 1 aliphatic rings. The summed E-state index contributed by atoms with van der Waals surface area (Å²) in [6, 6.07) is 5.76. The zero-order valence-electron chi connectivity index (χ0n) is 14.0. The number of hydrogen-bond donors (Lipinski definition) is 0. The second-order valence-corrected chi connectivity index (χ2v) is 6.18. The highest BCUT2D eigenvalue weighted by Gasteiger charge is 2.36. The predicted octanol–water partition coefficient (Wildman–Crippen LogP) is 3.73. The quantitative estimate of drug-likeness (QED) is 0.735. The number of carbonyl (C=O) groups excluding carboxylic acids is 2. The maximum Gasteiger partial charge on any atom is 0.416 e. The lowest BCUT2D eigenvalue weighted by Gasteiger charge is -2.16. The molecule has 27 heavy (non-hydrogen) atoms. The van der Waals surface area contributed by atoms with Crippen LogP contribution in [-0.2, 0) is 17.6 Å².